The fourth-order valence-electron chi connectivity index (χ4n) is 2.83. The van der Waals surface area contributed by atoms with Gasteiger partial charge in [0.05, 0.1) is 22.2 Å². The number of phenols is 1. The van der Waals surface area contributed by atoms with E-state index in [1.807, 2.05) is 29.7 Å². The molecule has 2 aromatic carbocycles. The van der Waals surface area contributed by atoms with E-state index in [9.17, 15) is 9.90 Å². The third-order valence-electron chi connectivity index (χ3n) is 3.82. The maximum absolute atomic E-state index is 12.4. The van der Waals surface area contributed by atoms with Crippen LogP contribution in [0.25, 0.3) is 16.6 Å². The van der Waals surface area contributed by atoms with Gasteiger partial charge in [0.15, 0.2) is 0 Å². The van der Waals surface area contributed by atoms with E-state index < -0.39 is 5.97 Å². The maximum atomic E-state index is 12.4. The predicted octanol–water partition coefficient (Wildman–Crippen LogP) is 5.24. The monoisotopic (exact) mass is 407 g/mol. The molecule has 4 nitrogen and oxygen atoms in total. The zero-order chi connectivity index (χ0) is 17.4. The highest BCUT2D eigenvalue weighted by Crippen LogP contribution is 2.36. The average molecular weight is 409 g/mol. The molecule has 0 saturated carbocycles. The molecule has 0 amide bonds. The Morgan fingerprint density at radius 3 is 2.75 bits per heavy atom. The summed E-state index contributed by atoms with van der Waals surface area (Å²) in [5.41, 5.74) is 2.78. The Labute approximate surface area is 152 Å². The number of phenolic OH excluding ortho intramolecular Hbond substituents is 1. The van der Waals surface area contributed by atoms with Crippen LogP contribution in [0.2, 0.25) is 5.02 Å². The van der Waals surface area contributed by atoms with E-state index in [0.29, 0.717) is 20.4 Å². The standard InChI is InChI=1S/C18H15BrClNO3/c1-3-24-18(23)17-10(2)21(12-6-4-5-11(20)7-12)15-9-14(19)16(22)8-13(15)17/h4-9,22H,3H2,1-2H3. The van der Waals surface area contributed by atoms with Gasteiger partial charge in [-0.1, -0.05) is 17.7 Å². The van der Waals surface area contributed by atoms with Gasteiger partial charge in [0, 0.05) is 21.8 Å². The Kier molecular flexibility index (Phi) is 4.56. The molecule has 0 unspecified atom stereocenters. The number of nitrogens with zero attached hydrogens (tertiary/aromatic N) is 1. The Balaban J connectivity index is 2.39. The predicted molar refractivity (Wildman–Crippen MR) is 98.3 cm³/mol. The highest BCUT2D eigenvalue weighted by atomic mass is 79.9. The molecule has 3 rings (SSSR count). The molecule has 0 aliphatic rings. The number of hydrogen-bond donors (Lipinski definition) is 1. The second-order valence-corrected chi connectivity index (χ2v) is 6.61. The number of carbonyl (C=O) groups excluding carboxylic acids is 1. The lowest BCUT2D eigenvalue weighted by atomic mass is 10.1. The minimum Gasteiger partial charge on any atom is -0.507 e. The van der Waals surface area contributed by atoms with Crippen LogP contribution in [0.3, 0.4) is 0 Å². The molecule has 0 bridgehead atoms. The van der Waals surface area contributed by atoms with Crippen molar-refractivity contribution in [3.05, 3.63) is 57.2 Å². The molecule has 0 spiro atoms. The normalized spacial score (nSPS) is 11.0. The molecule has 3 aromatic rings. The van der Waals surface area contributed by atoms with Gasteiger partial charge in [-0.3, -0.25) is 0 Å². The van der Waals surface area contributed by atoms with Crippen molar-refractivity contribution >= 4 is 44.4 Å². The lowest BCUT2D eigenvalue weighted by Crippen LogP contribution is -2.07. The number of hydrogen-bond acceptors (Lipinski definition) is 3. The van der Waals surface area contributed by atoms with Crippen LogP contribution >= 0.6 is 27.5 Å². The third-order valence-corrected chi connectivity index (χ3v) is 4.69. The van der Waals surface area contributed by atoms with Crippen LogP contribution in [0, 0.1) is 6.92 Å². The zero-order valence-corrected chi connectivity index (χ0v) is 15.5. The summed E-state index contributed by atoms with van der Waals surface area (Å²) in [6.45, 7) is 3.89. The van der Waals surface area contributed by atoms with Crippen LogP contribution < -0.4 is 0 Å². The molecule has 0 radical (unpaired) electrons. The first-order chi connectivity index (χ1) is 11.4. The fraction of sp³-hybridized carbons (Fsp3) is 0.167. The molecule has 1 aromatic heterocycles. The smallest absolute Gasteiger partial charge is 0.340 e. The number of aromatic hydroxyl groups is 1. The minimum atomic E-state index is -0.414. The van der Waals surface area contributed by atoms with Crippen molar-refractivity contribution < 1.29 is 14.6 Å². The molecule has 124 valence electrons. The number of rotatable bonds is 3. The summed E-state index contributed by atoms with van der Waals surface area (Å²) in [6, 6.07) is 10.7. The number of fused-ring (bicyclic) bond motifs is 1. The quantitative estimate of drug-likeness (QED) is 0.603. The summed E-state index contributed by atoms with van der Waals surface area (Å²) in [7, 11) is 0. The van der Waals surface area contributed by atoms with Crippen molar-refractivity contribution in [2.24, 2.45) is 0 Å². The van der Waals surface area contributed by atoms with Crippen molar-refractivity contribution in [2.75, 3.05) is 6.61 Å². The van der Waals surface area contributed by atoms with E-state index in [0.717, 1.165) is 16.9 Å². The molecular formula is C18H15BrClNO3. The molecule has 0 saturated heterocycles. The first-order valence-corrected chi connectivity index (χ1v) is 8.57. The Bertz CT molecular complexity index is 949. The number of benzene rings is 2. The molecule has 0 fully saturated rings. The average Bonchev–Trinajstić information content (AvgIpc) is 2.79. The zero-order valence-electron chi connectivity index (χ0n) is 13.1. The van der Waals surface area contributed by atoms with Crippen molar-refractivity contribution in [1.82, 2.24) is 4.57 Å². The highest BCUT2D eigenvalue weighted by molar-refractivity contribution is 9.10. The Morgan fingerprint density at radius 2 is 2.08 bits per heavy atom. The third kappa shape index (κ3) is 2.78. The summed E-state index contributed by atoms with van der Waals surface area (Å²) in [5, 5.41) is 11.3. The number of esters is 1. The van der Waals surface area contributed by atoms with Gasteiger partial charge >= 0.3 is 5.97 Å². The number of aromatic nitrogens is 1. The van der Waals surface area contributed by atoms with Crippen LogP contribution in [0.4, 0.5) is 0 Å². The SMILES string of the molecule is CCOC(=O)c1c(C)n(-c2cccc(Cl)c2)c2cc(Br)c(O)cc12. The molecule has 0 aliphatic carbocycles. The maximum Gasteiger partial charge on any atom is 0.340 e. The van der Waals surface area contributed by atoms with Crippen LogP contribution in [-0.4, -0.2) is 22.2 Å². The van der Waals surface area contributed by atoms with E-state index >= 15 is 0 Å². The first kappa shape index (κ1) is 16.9. The summed E-state index contributed by atoms with van der Waals surface area (Å²) in [5.74, 6) is -0.348. The van der Waals surface area contributed by atoms with Gasteiger partial charge in [-0.25, -0.2) is 4.79 Å². The van der Waals surface area contributed by atoms with Crippen molar-refractivity contribution in [3.63, 3.8) is 0 Å². The first-order valence-electron chi connectivity index (χ1n) is 7.40. The fourth-order valence-corrected chi connectivity index (χ4v) is 3.35. The molecule has 6 heteroatoms. The van der Waals surface area contributed by atoms with E-state index in [2.05, 4.69) is 15.9 Å². The summed E-state index contributed by atoms with van der Waals surface area (Å²) in [4.78, 5) is 12.4. The summed E-state index contributed by atoms with van der Waals surface area (Å²) in [6.07, 6.45) is 0. The second-order valence-electron chi connectivity index (χ2n) is 5.32. The van der Waals surface area contributed by atoms with Gasteiger partial charge in [0.2, 0.25) is 0 Å². The van der Waals surface area contributed by atoms with Gasteiger partial charge < -0.3 is 14.4 Å². The topological polar surface area (TPSA) is 51.5 Å². The van der Waals surface area contributed by atoms with Gasteiger partial charge in [-0.15, -0.1) is 0 Å². The second kappa shape index (κ2) is 6.49. The lowest BCUT2D eigenvalue weighted by molar-refractivity contribution is 0.0527. The van der Waals surface area contributed by atoms with E-state index in [1.54, 1.807) is 25.1 Å². The van der Waals surface area contributed by atoms with Crippen LogP contribution in [0.1, 0.15) is 23.0 Å². The van der Waals surface area contributed by atoms with Gasteiger partial charge in [0.1, 0.15) is 5.75 Å². The summed E-state index contributed by atoms with van der Waals surface area (Å²) >= 11 is 9.45. The lowest BCUT2D eigenvalue weighted by Gasteiger charge is -2.09. The van der Waals surface area contributed by atoms with Gasteiger partial charge in [-0.2, -0.15) is 0 Å². The number of carbonyl (C=O) groups is 1. The molecule has 0 aliphatic heterocycles. The number of ether oxygens (including phenoxy) is 1. The van der Waals surface area contributed by atoms with E-state index in [1.165, 1.54) is 0 Å². The Morgan fingerprint density at radius 1 is 1.33 bits per heavy atom. The Hall–Kier alpha value is -1.98. The molecule has 1 N–H and O–H groups in total. The molecule has 1 heterocycles. The van der Waals surface area contributed by atoms with Gasteiger partial charge in [0.25, 0.3) is 0 Å². The minimum absolute atomic E-state index is 0.0660. The van der Waals surface area contributed by atoms with Crippen molar-refractivity contribution in [2.45, 2.75) is 13.8 Å². The van der Waals surface area contributed by atoms with Crippen LogP contribution in [0.15, 0.2) is 40.9 Å². The molecule has 0 atom stereocenters. The van der Waals surface area contributed by atoms with E-state index in [-0.39, 0.29) is 12.4 Å². The molecular weight excluding hydrogens is 394 g/mol. The highest BCUT2D eigenvalue weighted by Gasteiger charge is 2.23. The van der Waals surface area contributed by atoms with Crippen molar-refractivity contribution in [3.8, 4) is 11.4 Å². The molecule has 24 heavy (non-hydrogen) atoms. The summed E-state index contributed by atoms with van der Waals surface area (Å²) < 4.78 is 7.66. The van der Waals surface area contributed by atoms with Crippen LogP contribution in [-0.2, 0) is 4.74 Å². The number of halogens is 2. The van der Waals surface area contributed by atoms with Gasteiger partial charge in [-0.05, 0) is 60.1 Å². The largest absolute Gasteiger partial charge is 0.507 e. The van der Waals surface area contributed by atoms with E-state index in [4.69, 9.17) is 16.3 Å². The van der Waals surface area contributed by atoms with Crippen molar-refractivity contribution in [1.29, 1.82) is 0 Å². The van der Waals surface area contributed by atoms with Crippen LogP contribution in [0.5, 0.6) is 5.75 Å².